The quantitative estimate of drug-likeness (QED) is 0.492. The second kappa shape index (κ2) is 8.28. The first-order valence-corrected chi connectivity index (χ1v) is 8.77. The van der Waals surface area contributed by atoms with Gasteiger partial charge in [0.1, 0.15) is 18.5 Å². The Bertz CT molecular complexity index is 1170. The molecule has 0 amide bonds. The van der Waals surface area contributed by atoms with E-state index in [-0.39, 0.29) is 12.4 Å². The normalized spacial score (nSPS) is 11.0. The van der Waals surface area contributed by atoms with E-state index in [9.17, 15) is 0 Å². The molecule has 0 radical (unpaired) electrons. The van der Waals surface area contributed by atoms with Gasteiger partial charge in [0.25, 0.3) is 0 Å². The number of hydrogen-bond acceptors (Lipinski definition) is 3. The third-order valence-corrected chi connectivity index (χ3v) is 4.80. The van der Waals surface area contributed by atoms with Crippen LogP contribution >= 0.6 is 0 Å². The van der Waals surface area contributed by atoms with E-state index in [0.29, 0.717) is 0 Å². The molecule has 4 aromatic rings. The Balaban J connectivity index is 0.00000225. The van der Waals surface area contributed by atoms with Crippen molar-refractivity contribution in [1.29, 1.82) is 0 Å². The average Bonchev–Trinajstić information content (AvgIpc) is 2.72. The number of methoxy groups -OCH3 is 2. The predicted molar refractivity (Wildman–Crippen MR) is 109 cm³/mol. The summed E-state index contributed by atoms with van der Waals surface area (Å²) < 4.78 is 12.9. The SMILES string of the molecule is COc1ccc2nccc(/C=C/c3cc[n+](C)c4ccc(OC)cc34)c2c1.[Cl-]. The van der Waals surface area contributed by atoms with Crippen LogP contribution in [0.2, 0.25) is 0 Å². The van der Waals surface area contributed by atoms with Gasteiger partial charge < -0.3 is 21.9 Å². The van der Waals surface area contributed by atoms with Crippen molar-refractivity contribution >= 4 is 34.0 Å². The zero-order chi connectivity index (χ0) is 18.8. The monoisotopic (exact) mass is 392 g/mol. The number of aryl methyl sites for hydroxylation is 1. The number of benzene rings is 2. The summed E-state index contributed by atoms with van der Waals surface area (Å²) >= 11 is 0. The molecule has 28 heavy (non-hydrogen) atoms. The number of pyridine rings is 2. The van der Waals surface area contributed by atoms with E-state index in [1.807, 2.05) is 43.6 Å². The number of aromatic nitrogens is 2. The van der Waals surface area contributed by atoms with Crippen LogP contribution in [0.4, 0.5) is 0 Å². The lowest BCUT2D eigenvalue weighted by Crippen LogP contribution is -3.00. The first-order chi connectivity index (χ1) is 13.2. The largest absolute Gasteiger partial charge is 1.00 e. The van der Waals surface area contributed by atoms with Crippen LogP contribution in [0.15, 0.2) is 60.9 Å². The lowest BCUT2D eigenvalue weighted by Gasteiger charge is -2.06. The fourth-order valence-corrected chi connectivity index (χ4v) is 3.29. The molecule has 2 heterocycles. The molecule has 0 fully saturated rings. The Labute approximate surface area is 170 Å². The zero-order valence-corrected chi connectivity index (χ0v) is 16.8. The van der Waals surface area contributed by atoms with Gasteiger partial charge in [-0.05, 0) is 47.5 Å². The van der Waals surface area contributed by atoms with Crippen LogP contribution in [0, 0.1) is 0 Å². The van der Waals surface area contributed by atoms with Crippen molar-refractivity contribution in [1.82, 2.24) is 4.98 Å². The summed E-state index contributed by atoms with van der Waals surface area (Å²) in [4.78, 5) is 4.45. The zero-order valence-electron chi connectivity index (χ0n) is 16.0. The van der Waals surface area contributed by atoms with Gasteiger partial charge in [-0.1, -0.05) is 12.2 Å². The second-order valence-electron chi connectivity index (χ2n) is 6.38. The molecule has 0 aliphatic heterocycles. The van der Waals surface area contributed by atoms with Crippen molar-refractivity contribution in [3.05, 3.63) is 72.1 Å². The van der Waals surface area contributed by atoms with Gasteiger partial charge >= 0.3 is 0 Å². The number of rotatable bonds is 4. The molecule has 142 valence electrons. The minimum absolute atomic E-state index is 0. The lowest BCUT2D eigenvalue weighted by atomic mass is 10.0. The summed E-state index contributed by atoms with van der Waals surface area (Å²) in [5.41, 5.74) is 4.33. The Morgan fingerprint density at radius 2 is 1.46 bits per heavy atom. The fraction of sp³-hybridized carbons (Fsp3) is 0.130. The molecule has 0 unspecified atom stereocenters. The molecule has 0 N–H and O–H groups in total. The van der Waals surface area contributed by atoms with Crippen LogP contribution in [0.1, 0.15) is 11.1 Å². The van der Waals surface area contributed by atoms with Crippen molar-refractivity contribution in [3.8, 4) is 11.5 Å². The molecule has 0 atom stereocenters. The third kappa shape index (κ3) is 3.64. The van der Waals surface area contributed by atoms with Gasteiger partial charge in [-0.25, -0.2) is 4.57 Å². The highest BCUT2D eigenvalue weighted by atomic mass is 35.5. The molecule has 5 heteroatoms. The molecule has 0 aliphatic carbocycles. The molecule has 4 nitrogen and oxygen atoms in total. The van der Waals surface area contributed by atoms with E-state index in [4.69, 9.17) is 9.47 Å². The van der Waals surface area contributed by atoms with Gasteiger partial charge in [0, 0.05) is 23.7 Å². The van der Waals surface area contributed by atoms with Crippen LogP contribution in [-0.2, 0) is 7.05 Å². The maximum absolute atomic E-state index is 5.41. The Morgan fingerprint density at radius 1 is 0.821 bits per heavy atom. The molecule has 0 bridgehead atoms. The van der Waals surface area contributed by atoms with Gasteiger partial charge in [0.15, 0.2) is 6.20 Å². The predicted octanol–water partition coefficient (Wildman–Crippen LogP) is 1.40. The number of hydrogen-bond donors (Lipinski definition) is 0. The van der Waals surface area contributed by atoms with E-state index in [1.54, 1.807) is 14.2 Å². The van der Waals surface area contributed by atoms with Crippen molar-refractivity contribution in [3.63, 3.8) is 0 Å². The molecular formula is C23H21ClN2O2. The maximum Gasteiger partial charge on any atom is 0.213 e. The molecule has 2 aromatic heterocycles. The summed E-state index contributed by atoms with van der Waals surface area (Å²) in [6.07, 6.45) is 8.16. The Morgan fingerprint density at radius 3 is 2.18 bits per heavy atom. The van der Waals surface area contributed by atoms with Gasteiger partial charge in [-0.2, -0.15) is 0 Å². The van der Waals surface area contributed by atoms with Crippen LogP contribution in [-0.4, -0.2) is 19.2 Å². The minimum atomic E-state index is 0. The smallest absolute Gasteiger partial charge is 0.213 e. The number of nitrogens with zero attached hydrogens (tertiary/aromatic N) is 2. The summed E-state index contributed by atoms with van der Waals surface area (Å²) in [5, 5.41) is 2.21. The molecule has 0 spiro atoms. The van der Waals surface area contributed by atoms with Crippen molar-refractivity contribution in [2.24, 2.45) is 7.05 Å². The molecule has 0 aliphatic rings. The van der Waals surface area contributed by atoms with Gasteiger partial charge in [-0.15, -0.1) is 0 Å². The molecule has 2 aromatic carbocycles. The van der Waals surface area contributed by atoms with E-state index >= 15 is 0 Å². The van der Waals surface area contributed by atoms with E-state index in [2.05, 4.69) is 46.1 Å². The van der Waals surface area contributed by atoms with E-state index in [1.165, 1.54) is 0 Å². The van der Waals surface area contributed by atoms with Gasteiger partial charge in [-0.3, -0.25) is 4.98 Å². The van der Waals surface area contributed by atoms with Crippen LogP contribution in [0.25, 0.3) is 34.0 Å². The molecule has 0 saturated heterocycles. The Hall–Kier alpha value is -3.11. The standard InChI is InChI=1S/C23H21N2O2.ClH/c1-25-13-11-17(21-15-19(27-3)7-9-23(21)25)5-4-16-10-12-24-22-8-6-18(26-2)14-20(16)22;/h4-15H,1-3H3;1H/q+1;/p-1/b5-4+;. The van der Waals surface area contributed by atoms with Gasteiger partial charge in [0.05, 0.1) is 25.1 Å². The average molecular weight is 393 g/mol. The minimum Gasteiger partial charge on any atom is -1.00 e. The Kier molecular flexibility index (Phi) is 5.81. The highest BCUT2D eigenvalue weighted by Crippen LogP contribution is 2.26. The maximum atomic E-state index is 5.41. The van der Waals surface area contributed by atoms with Crippen molar-refractivity contribution in [2.75, 3.05) is 14.2 Å². The van der Waals surface area contributed by atoms with Crippen LogP contribution < -0.4 is 26.4 Å². The number of halogens is 1. The van der Waals surface area contributed by atoms with Crippen LogP contribution in [0.5, 0.6) is 11.5 Å². The third-order valence-electron chi connectivity index (χ3n) is 4.80. The van der Waals surface area contributed by atoms with Crippen molar-refractivity contribution < 1.29 is 26.4 Å². The lowest BCUT2D eigenvalue weighted by molar-refractivity contribution is -0.644. The highest BCUT2D eigenvalue weighted by Gasteiger charge is 2.09. The number of fused-ring (bicyclic) bond motifs is 2. The van der Waals surface area contributed by atoms with Crippen LogP contribution in [0.3, 0.4) is 0 Å². The first-order valence-electron chi connectivity index (χ1n) is 8.77. The summed E-state index contributed by atoms with van der Waals surface area (Å²) in [7, 11) is 5.41. The summed E-state index contributed by atoms with van der Waals surface area (Å²) in [6, 6.07) is 16.2. The second-order valence-corrected chi connectivity index (χ2v) is 6.38. The summed E-state index contributed by atoms with van der Waals surface area (Å²) in [6.45, 7) is 0. The molecule has 0 saturated carbocycles. The molecule has 4 rings (SSSR count). The van der Waals surface area contributed by atoms with E-state index in [0.717, 1.165) is 44.4 Å². The fourth-order valence-electron chi connectivity index (χ4n) is 3.29. The highest BCUT2D eigenvalue weighted by molar-refractivity contribution is 5.94. The first kappa shape index (κ1) is 19.6. The number of ether oxygens (including phenoxy) is 2. The van der Waals surface area contributed by atoms with E-state index < -0.39 is 0 Å². The molecular weight excluding hydrogens is 372 g/mol. The topological polar surface area (TPSA) is 35.2 Å². The van der Waals surface area contributed by atoms with Gasteiger partial charge in [0.2, 0.25) is 5.52 Å². The van der Waals surface area contributed by atoms with Crippen molar-refractivity contribution in [2.45, 2.75) is 0 Å². The summed E-state index contributed by atoms with van der Waals surface area (Å²) in [5.74, 6) is 1.68.